The molecule has 1 fully saturated rings. The third kappa shape index (κ3) is 2.13. The van der Waals surface area contributed by atoms with Crippen LogP contribution in [0.3, 0.4) is 0 Å². The van der Waals surface area contributed by atoms with Gasteiger partial charge in [0.05, 0.1) is 0 Å². The topological polar surface area (TPSA) is 17.1 Å². The van der Waals surface area contributed by atoms with Crippen LogP contribution in [0, 0.1) is 5.92 Å². The van der Waals surface area contributed by atoms with Crippen LogP contribution in [0.15, 0.2) is 12.1 Å². The van der Waals surface area contributed by atoms with E-state index < -0.39 is 0 Å². The molecule has 0 heterocycles. The summed E-state index contributed by atoms with van der Waals surface area (Å²) in [6.07, 6.45) is 7.32. The molecule has 0 saturated heterocycles. The molecule has 0 amide bonds. The second kappa shape index (κ2) is 4.45. The molecule has 1 aromatic carbocycles. The van der Waals surface area contributed by atoms with Crippen LogP contribution in [0.2, 0.25) is 5.02 Å². The zero-order chi connectivity index (χ0) is 11.8. The van der Waals surface area contributed by atoms with Crippen LogP contribution < -0.4 is 0 Å². The monoisotopic (exact) mass is 248 g/mol. The first-order chi connectivity index (χ1) is 8.24. The Hall–Kier alpha value is -0.820. The normalized spacial score (nSPS) is 23.1. The number of hydrogen-bond donors (Lipinski definition) is 0. The van der Waals surface area contributed by atoms with E-state index in [4.69, 9.17) is 11.6 Å². The second-order valence-electron chi connectivity index (χ2n) is 5.33. The summed E-state index contributed by atoms with van der Waals surface area (Å²) in [5.41, 5.74) is 4.05. The van der Waals surface area contributed by atoms with Gasteiger partial charge in [-0.25, -0.2) is 0 Å². The summed E-state index contributed by atoms with van der Waals surface area (Å²) in [4.78, 5) is 11.7. The molecule has 1 atom stereocenters. The fraction of sp³-hybridized carbons (Fsp3) is 0.533. The zero-order valence-electron chi connectivity index (χ0n) is 9.97. The predicted octanol–water partition coefficient (Wildman–Crippen LogP) is 3.74. The van der Waals surface area contributed by atoms with Gasteiger partial charge in [-0.2, -0.15) is 0 Å². The fourth-order valence-corrected chi connectivity index (χ4v) is 3.43. The van der Waals surface area contributed by atoms with E-state index in [9.17, 15) is 4.79 Å². The van der Waals surface area contributed by atoms with Gasteiger partial charge in [0, 0.05) is 17.4 Å². The van der Waals surface area contributed by atoms with Gasteiger partial charge in [0.2, 0.25) is 0 Å². The molecule has 1 unspecified atom stereocenters. The summed E-state index contributed by atoms with van der Waals surface area (Å²) in [7, 11) is 0. The molecule has 1 nitrogen and oxygen atoms in total. The van der Waals surface area contributed by atoms with Gasteiger partial charge >= 0.3 is 0 Å². The van der Waals surface area contributed by atoms with Gasteiger partial charge in [0.25, 0.3) is 0 Å². The smallest absolute Gasteiger partial charge is 0.136 e. The highest BCUT2D eigenvalue weighted by atomic mass is 35.5. The van der Waals surface area contributed by atoms with Crippen molar-refractivity contribution in [1.82, 2.24) is 0 Å². The number of benzene rings is 1. The lowest BCUT2D eigenvalue weighted by Gasteiger charge is -2.11. The Bertz CT molecular complexity index is 464. The molecule has 90 valence electrons. The number of rotatable bonds is 2. The number of carbonyl (C=O) groups excluding carboxylic acids is 1. The Morgan fingerprint density at radius 2 is 1.88 bits per heavy atom. The molecule has 0 spiro atoms. The van der Waals surface area contributed by atoms with Crippen molar-refractivity contribution in [2.45, 2.75) is 44.9 Å². The highest BCUT2D eigenvalue weighted by Gasteiger charge is 2.25. The van der Waals surface area contributed by atoms with E-state index in [0.717, 1.165) is 37.1 Å². The van der Waals surface area contributed by atoms with Gasteiger partial charge in [0.15, 0.2) is 0 Å². The van der Waals surface area contributed by atoms with Crippen molar-refractivity contribution in [3.63, 3.8) is 0 Å². The lowest BCUT2D eigenvalue weighted by Crippen LogP contribution is -2.10. The third-order valence-electron chi connectivity index (χ3n) is 4.16. The Morgan fingerprint density at radius 1 is 1.12 bits per heavy atom. The maximum Gasteiger partial charge on any atom is 0.136 e. The van der Waals surface area contributed by atoms with E-state index in [1.807, 2.05) is 0 Å². The number of aryl methyl sites for hydroxylation is 2. The van der Waals surface area contributed by atoms with Crippen LogP contribution >= 0.6 is 11.6 Å². The average molecular weight is 249 g/mol. The van der Waals surface area contributed by atoms with Crippen molar-refractivity contribution in [3.05, 3.63) is 33.8 Å². The van der Waals surface area contributed by atoms with Crippen LogP contribution in [-0.2, 0) is 24.1 Å². The van der Waals surface area contributed by atoms with Crippen molar-refractivity contribution >= 4 is 17.4 Å². The molecule has 17 heavy (non-hydrogen) atoms. The Labute approximate surface area is 107 Å². The van der Waals surface area contributed by atoms with Gasteiger partial charge in [-0.05, 0) is 61.3 Å². The minimum atomic E-state index is 0.229. The fourth-order valence-electron chi connectivity index (χ4n) is 3.17. The van der Waals surface area contributed by atoms with E-state index in [2.05, 4.69) is 12.1 Å². The molecule has 3 rings (SSSR count). The largest absolute Gasteiger partial charge is 0.299 e. The Balaban J connectivity index is 1.85. The first kappa shape index (κ1) is 11.3. The van der Waals surface area contributed by atoms with Crippen molar-refractivity contribution in [2.24, 2.45) is 5.92 Å². The highest BCUT2D eigenvalue weighted by molar-refractivity contribution is 6.31. The van der Waals surface area contributed by atoms with E-state index in [-0.39, 0.29) is 5.92 Å². The molecule has 2 aliphatic carbocycles. The van der Waals surface area contributed by atoms with E-state index in [0.29, 0.717) is 5.78 Å². The minimum Gasteiger partial charge on any atom is -0.299 e. The van der Waals surface area contributed by atoms with Crippen LogP contribution in [0.5, 0.6) is 0 Å². The molecule has 2 aliphatic rings. The van der Waals surface area contributed by atoms with Crippen LogP contribution in [0.4, 0.5) is 0 Å². The molecule has 0 radical (unpaired) electrons. The van der Waals surface area contributed by atoms with E-state index in [1.165, 1.54) is 29.5 Å². The SMILES string of the molecule is O=C1CCCC1Cc1cc2c(cc1Cl)CCC2. The highest BCUT2D eigenvalue weighted by Crippen LogP contribution is 2.32. The molecule has 0 aliphatic heterocycles. The van der Waals surface area contributed by atoms with Crippen molar-refractivity contribution in [3.8, 4) is 0 Å². The average Bonchev–Trinajstić information content (AvgIpc) is 2.89. The van der Waals surface area contributed by atoms with Crippen molar-refractivity contribution in [1.29, 1.82) is 0 Å². The molecule has 0 aromatic heterocycles. The number of carbonyl (C=O) groups is 1. The summed E-state index contributed by atoms with van der Waals surface area (Å²) < 4.78 is 0. The van der Waals surface area contributed by atoms with Gasteiger partial charge in [-0.1, -0.05) is 17.7 Å². The maximum atomic E-state index is 11.7. The predicted molar refractivity (Wildman–Crippen MR) is 69.5 cm³/mol. The Kier molecular flexibility index (Phi) is 2.96. The van der Waals surface area contributed by atoms with Crippen molar-refractivity contribution in [2.75, 3.05) is 0 Å². The van der Waals surface area contributed by atoms with Gasteiger partial charge < -0.3 is 0 Å². The number of ketones is 1. The zero-order valence-corrected chi connectivity index (χ0v) is 10.7. The molecule has 0 N–H and O–H groups in total. The van der Waals surface area contributed by atoms with Crippen molar-refractivity contribution < 1.29 is 4.79 Å². The summed E-state index contributed by atoms with van der Waals surface area (Å²) in [6, 6.07) is 4.37. The van der Waals surface area contributed by atoms with Crippen LogP contribution in [0.25, 0.3) is 0 Å². The molecular formula is C15H17ClO. The lowest BCUT2D eigenvalue weighted by molar-refractivity contribution is -0.120. The summed E-state index contributed by atoms with van der Waals surface area (Å²) in [6.45, 7) is 0. The van der Waals surface area contributed by atoms with Crippen LogP contribution in [0.1, 0.15) is 42.4 Å². The minimum absolute atomic E-state index is 0.229. The molecular weight excluding hydrogens is 232 g/mol. The third-order valence-corrected chi connectivity index (χ3v) is 4.51. The molecule has 2 heteroatoms. The van der Waals surface area contributed by atoms with E-state index in [1.54, 1.807) is 0 Å². The molecule has 0 bridgehead atoms. The number of halogens is 1. The quantitative estimate of drug-likeness (QED) is 0.779. The number of hydrogen-bond acceptors (Lipinski definition) is 1. The van der Waals surface area contributed by atoms with Crippen LogP contribution in [-0.4, -0.2) is 5.78 Å². The molecule has 1 saturated carbocycles. The number of Topliss-reactive ketones (excluding diaryl/α,β-unsaturated/α-hetero) is 1. The summed E-state index contributed by atoms with van der Waals surface area (Å²) >= 11 is 6.32. The Morgan fingerprint density at radius 3 is 2.59 bits per heavy atom. The van der Waals surface area contributed by atoms with E-state index >= 15 is 0 Å². The van der Waals surface area contributed by atoms with Gasteiger partial charge in [-0.3, -0.25) is 4.79 Å². The summed E-state index contributed by atoms with van der Waals surface area (Å²) in [5, 5.41) is 0.866. The first-order valence-electron chi connectivity index (χ1n) is 6.57. The standard InChI is InChI=1S/C15H17ClO/c16-14-9-11-4-1-3-10(11)7-13(14)8-12-5-2-6-15(12)17/h7,9,12H,1-6,8H2. The maximum absolute atomic E-state index is 11.7. The van der Waals surface area contributed by atoms with Gasteiger partial charge in [-0.15, -0.1) is 0 Å². The second-order valence-corrected chi connectivity index (χ2v) is 5.73. The summed E-state index contributed by atoms with van der Waals surface area (Å²) in [5.74, 6) is 0.661. The number of fused-ring (bicyclic) bond motifs is 1. The lowest BCUT2D eigenvalue weighted by atomic mass is 9.95. The first-order valence-corrected chi connectivity index (χ1v) is 6.95. The molecule has 1 aromatic rings. The van der Waals surface area contributed by atoms with Gasteiger partial charge in [0.1, 0.15) is 5.78 Å².